The van der Waals surface area contributed by atoms with Crippen molar-refractivity contribution in [2.24, 2.45) is 5.73 Å². The summed E-state index contributed by atoms with van der Waals surface area (Å²) in [5.74, 6) is 0. The van der Waals surface area contributed by atoms with Crippen LogP contribution in [0.25, 0.3) is 0 Å². The second-order valence-electron chi connectivity index (χ2n) is 4.74. The van der Waals surface area contributed by atoms with E-state index in [1.165, 1.54) is 0 Å². The molecule has 0 spiro atoms. The minimum atomic E-state index is 0.0418. The number of rotatable bonds is 3. The van der Waals surface area contributed by atoms with Crippen molar-refractivity contribution in [2.75, 3.05) is 19.7 Å². The van der Waals surface area contributed by atoms with E-state index < -0.39 is 0 Å². The number of ether oxygens (including phenoxy) is 1. The van der Waals surface area contributed by atoms with E-state index >= 15 is 0 Å². The molecule has 5 heteroatoms. The van der Waals surface area contributed by atoms with Crippen LogP contribution in [0.4, 0.5) is 0 Å². The Balaban J connectivity index is 1.94. The molecule has 2 unspecified atom stereocenters. The standard InChI is InChI=1S/C12H21N3OS/c1-9-6-15(4-3-5-16-9)7-11-8-17-12(14-11)10(2)13/h8-10H,3-7,13H2,1-2H3. The van der Waals surface area contributed by atoms with E-state index in [1.54, 1.807) is 11.3 Å². The molecular formula is C12H21N3OS. The normalized spacial score (nSPS) is 24.5. The Morgan fingerprint density at radius 3 is 3.24 bits per heavy atom. The molecule has 2 atom stereocenters. The SMILES string of the molecule is CC1CN(Cc2csc(C(C)N)n2)CCCO1. The van der Waals surface area contributed by atoms with E-state index in [4.69, 9.17) is 10.5 Å². The molecule has 96 valence electrons. The molecule has 17 heavy (non-hydrogen) atoms. The summed E-state index contributed by atoms with van der Waals surface area (Å²) in [6.45, 7) is 7.98. The van der Waals surface area contributed by atoms with Crippen LogP contribution in [0, 0.1) is 0 Å². The third kappa shape index (κ3) is 3.74. The highest BCUT2D eigenvalue weighted by Crippen LogP contribution is 2.18. The van der Waals surface area contributed by atoms with E-state index in [2.05, 4.69) is 22.2 Å². The van der Waals surface area contributed by atoms with Crippen molar-refractivity contribution in [1.29, 1.82) is 0 Å². The summed E-state index contributed by atoms with van der Waals surface area (Å²) < 4.78 is 5.63. The first-order chi connectivity index (χ1) is 8.15. The summed E-state index contributed by atoms with van der Waals surface area (Å²) in [5.41, 5.74) is 6.96. The Labute approximate surface area is 107 Å². The van der Waals surface area contributed by atoms with Gasteiger partial charge in [-0.2, -0.15) is 0 Å². The predicted molar refractivity (Wildman–Crippen MR) is 70.0 cm³/mol. The van der Waals surface area contributed by atoms with Gasteiger partial charge in [-0.15, -0.1) is 11.3 Å². The molecular weight excluding hydrogens is 234 g/mol. The molecule has 1 saturated heterocycles. The van der Waals surface area contributed by atoms with E-state index in [0.717, 1.165) is 43.4 Å². The Morgan fingerprint density at radius 2 is 2.53 bits per heavy atom. The third-order valence-electron chi connectivity index (χ3n) is 2.88. The first-order valence-corrected chi connectivity index (χ1v) is 7.07. The number of thiazole rings is 1. The van der Waals surface area contributed by atoms with Gasteiger partial charge in [0.1, 0.15) is 5.01 Å². The molecule has 0 bridgehead atoms. The second kappa shape index (κ2) is 5.91. The molecule has 2 heterocycles. The zero-order chi connectivity index (χ0) is 12.3. The Morgan fingerprint density at radius 1 is 1.71 bits per heavy atom. The lowest BCUT2D eigenvalue weighted by atomic mass is 10.3. The minimum absolute atomic E-state index is 0.0418. The van der Waals surface area contributed by atoms with Crippen LogP contribution in [0.5, 0.6) is 0 Å². The van der Waals surface area contributed by atoms with Gasteiger partial charge in [-0.1, -0.05) is 0 Å². The highest BCUT2D eigenvalue weighted by Gasteiger charge is 2.16. The number of nitrogens with two attached hydrogens (primary N) is 1. The van der Waals surface area contributed by atoms with Gasteiger partial charge in [-0.25, -0.2) is 4.98 Å². The topological polar surface area (TPSA) is 51.4 Å². The van der Waals surface area contributed by atoms with Crippen LogP contribution < -0.4 is 5.73 Å². The van der Waals surface area contributed by atoms with Gasteiger partial charge in [0, 0.05) is 31.6 Å². The summed E-state index contributed by atoms with van der Waals surface area (Å²) in [7, 11) is 0. The lowest BCUT2D eigenvalue weighted by Gasteiger charge is -2.20. The maximum atomic E-state index is 5.82. The molecule has 2 N–H and O–H groups in total. The average Bonchev–Trinajstić information content (AvgIpc) is 2.63. The third-order valence-corrected chi connectivity index (χ3v) is 3.98. The van der Waals surface area contributed by atoms with Crippen LogP contribution in [0.2, 0.25) is 0 Å². The fourth-order valence-corrected chi connectivity index (χ4v) is 2.83. The van der Waals surface area contributed by atoms with Gasteiger partial charge in [-0.05, 0) is 20.3 Å². The van der Waals surface area contributed by atoms with Gasteiger partial charge < -0.3 is 10.5 Å². The molecule has 1 aliphatic rings. The van der Waals surface area contributed by atoms with Crippen molar-refractivity contribution in [3.63, 3.8) is 0 Å². The molecule has 4 nitrogen and oxygen atoms in total. The Hall–Kier alpha value is -0.490. The van der Waals surface area contributed by atoms with Crippen LogP contribution in [0.3, 0.4) is 0 Å². The van der Waals surface area contributed by atoms with Crippen LogP contribution in [-0.4, -0.2) is 35.7 Å². The highest BCUT2D eigenvalue weighted by atomic mass is 32.1. The molecule has 1 aliphatic heterocycles. The van der Waals surface area contributed by atoms with Gasteiger partial charge in [0.05, 0.1) is 17.8 Å². The lowest BCUT2D eigenvalue weighted by Crippen LogP contribution is -2.29. The molecule has 0 aromatic carbocycles. The molecule has 2 rings (SSSR count). The van der Waals surface area contributed by atoms with Crippen molar-refractivity contribution in [1.82, 2.24) is 9.88 Å². The quantitative estimate of drug-likeness (QED) is 0.894. The monoisotopic (exact) mass is 255 g/mol. The Bertz CT molecular complexity index is 353. The van der Waals surface area contributed by atoms with Crippen LogP contribution in [0.1, 0.15) is 37.0 Å². The smallest absolute Gasteiger partial charge is 0.109 e. The minimum Gasteiger partial charge on any atom is -0.377 e. The molecule has 0 amide bonds. The summed E-state index contributed by atoms with van der Waals surface area (Å²) in [6, 6.07) is 0.0418. The zero-order valence-corrected chi connectivity index (χ0v) is 11.4. The highest BCUT2D eigenvalue weighted by molar-refractivity contribution is 7.09. The molecule has 1 aromatic heterocycles. The molecule has 0 radical (unpaired) electrons. The lowest BCUT2D eigenvalue weighted by molar-refractivity contribution is 0.0666. The molecule has 0 saturated carbocycles. The first-order valence-electron chi connectivity index (χ1n) is 6.19. The van der Waals surface area contributed by atoms with Gasteiger partial charge in [0.2, 0.25) is 0 Å². The van der Waals surface area contributed by atoms with Crippen molar-refractivity contribution in [2.45, 2.75) is 39.0 Å². The maximum Gasteiger partial charge on any atom is 0.109 e. The van der Waals surface area contributed by atoms with Crippen LogP contribution >= 0.6 is 11.3 Å². The number of hydrogen-bond acceptors (Lipinski definition) is 5. The van der Waals surface area contributed by atoms with E-state index in [9.17, 15) is 0 Å². The fraction of sp³-hybridized carbons (Fsp3) is 0.750. The second-order valence-corrected chi connectivity index (χ2v) is 5.63. The van der Waals surface area contributed by atoms with E-state index in [0.29, 0.717) is 6.10 Å². The summed E-state index contributed by atoms with van der Waals surface area (Å²) >= 11 is 1.66. The van der Waals surface area contributed by atoms with E-state index in [-0.39, 0.29) is 6.04 Å². The van der Waals surface area contributed by atoms with Crippen molar-refractivity contribution in [3.8, 4) is 0 Å². The number of hydrogen-bond donors (Lipinski definition) is 1. The average molecular weight is 255 g/mol. The molecule has 1 fully saturated rings. The van der Waals surface area contributed by atoms with Gasteiger partial charge in [0.15, 0.2) is 0 Å². The van der Waals surface area contributed by atoms with Crippen LogP contribution in [-0.2, 0) is 11.3 Å². The Kier molecular flexibility index (Phi) is 4.50. The fourth-order valence-electron chi connectivity index (χ4n) is 2.06. The van der Waals surface area contributed by atoms with Gasteiger partial charge in [-0.3, -0.25) is 4.90 Å². The number of nitrogens with zero attached hydrogens (tertiary/aromatic N) is 2. The number of aromatic nitrogens is 1. The largest absolute Gasteiger partial charge is 0.377 e. The van der Waals surface area contributed by atoms with Crippen molar-refractivity contribution < 1.29 is 4.74 Å². The molecule has 0 aliphatic carbocycles. The van der Waals surface area contributed by atoms with Crippen molar-refractivity contribution >= 4 is 11.3 Å². The zero-order valence-electron chi connectivity index (χ0n) is 10.6. The summed E-state index contributed by atoms with van der Waals surface area (Å²) in [4.78, 5) is 6.98. The van der Waals surface area contributed by atoms with Gasteiger partial charge >= 0.3 is 0 Å². The predicted octanol–water partition coefficient (Wildman–Crippen LogP) is 1.77. The van der Waals surface area contributed by atoms with Gasteiger partial charge in [0.25, 0.3) is 0 Å². The summed E-state index contributed by atoms with van der Waals surface area (Å²) in [5, 5.41) is 3.15. The van der Waals surface area contributed by atoms with E-state index in [1.807, 2.05) is 6.92 Å². The van der Waals surface area contributed by atoms with Crippen molar-refractivity contribution in [3.05, 3.63) is 16.1 Å². The summed E-state index contributed by atoms with van der Waals surface area (Å²) in [6.07, 6.45) is 1.43. The van der Waals surface area contributed by atoms with Crippen LogP contribution in [0.15, 0.2) is 5.38 Å². The maximum absolute atomic E-state index is 5.82. The molecule has 1 aromatic rings. The first kappa shape index (κ1) is 13.0.